The maximum Gasteiger partial charge on any atom is 0.333 e. The third-order valence-corrected chi connectivity index (χ3v) is 13.2. The molecule has 1 aromatic rings. The van der Waals surface area contributed by atoms with Crippen LogP contribution in [0.2, 0.25) is 13.1 Å². The van der Waals surface area contributed by atoms with E-state index in [4.69, 9.17) is 13.6 Å². The van der Waals surface area contributed by atoms with Gasteiger partial charge in [0.1, 0.15) is 6.29 Å². The smallest absolute Gasteiger partial charge is 0.333 e. The van der Waals surface area contributed by atoms with Crippen molar-refractivity contribution < 1.29 is 18.7 Å². The molecule has 0 radical (unpaired) electrons. The van der Waals surface area contributed by atoms with E-state index in [2.05, 4.69) is 112 Å². The summed E-state index contributed by atoms with van der Waals surface area (Å²) in [4.78, 5) is 2.32. The van der Waals surface area contributed by atoms with Crippen molar-refractivity contribution in [2.24, 2.45) is 0 Å². The Morgan fingerprint density at radius 1 is 0.567 bits per heavy atom. The van der Waals surface area contributed by atoms with Gasteiger partial charge in [-0.05, 0) is 135 Å². The average molecular weight is 852 g/mol. The zero-order chi connectivity index (χ0) is 43.5. The zero-order valence-corrected chi connectivity index (χ0v) is 41.1. The van der Waals surface area contributed by atoms with E-state index in [1.807, 2.05) is 6.07 Å². The van der Waals surface area contributed by atoms with Gasteiger partial charge >= 0.3 is 8.56 Å². The zero-order valence-electron chi connectivity index (χ0n) is 40.1. The lowest BCUT2D eigenvalue weighted by Crippen LogP contribution is -2.40. The number of aliphatic hydroxyl groups is 1. The van der Waals surface area contributed by atoms with Gasteiger partial charge in [0, 0.05) is 19.3 Å². The van der Waals surface area contributed by atoms with Gasteiger partial charge in [-0.1, -0.05) is 176 Å². The van der Waals surface area contributed by atoms with Crippen LogP contribution < -0.4 is 0 Å². The molecular weight excluding hydrogens is 755 g/mol. The molecule has 0 aliphatic heterocycles. The predicted molar refractivity (Wildman–Crippen MR) is 265 cm³/mol. The van der Waals surface area contributed by atoms with E-state index in [1.165, 1.54) is 134 Å². The number of unbranched alkanes of at least 4 members (excludes halogenated alkanes) is 20. The Hall–Kier alpha value is -1.80. The Bertz CT molecular complexity index is 1150. The Balaban J connectivity index is 2.35. The SMILES string of the molecule is CCCCC/C=C\C/C=C\CCCCCCCCOC(CCCCCCC/C=C\C/C=C\CCCCC)O[Si](C)(C)OCCCCCCN(C)C(CO)Cc1ccccc1. The van der Waals surface area contributed by atoms with Gasteiger partial charge in [-0.15, -0.1) is 0 Å². The second-order valence-corrected chi connectivity index (χ2v) is 21.0. The van der Waals surface area contributed by atoms with E-state index in [0.717, 1.165) is 77.5 Å². The Morgan fingerprint density at radius 2 is 1.03 bits per heavy atom. The molecule has 60 heavy (non-hydrogen) atoms. The maximum absolute atomic E-state index is 9.99. The molecule has 1 rings (SSSR count). The van der Waals surface area contributed by atoms with Crippen molar-refractivity contribution in [3.63, 3.8) is 0 Å². The summed E-state index contributed by atoms with van der Waals surface area (Å²) in [6, 6.07) is 10.7. The van der Waals surface area contributed by atoms with Crippen molar-refractivity contribution in [1.82, 2.24) is 4.90 Å². The summed E-state index contributed by atoms with van der Waals surface area (Å²) in [5.74, 6) is 0. The predicted octanol–water partition coefficient (Wildman–Crippen LogP) is 15.8. The molecule has 2 atom stereocenters. The van der Waals surface area contributed by atoms with E-state index < -0.39 is 8.56 Å². The highest BCUT2D eigenvalue weighted by atomic mass is 28.4. The van der Waals surface area contributed by atoms with Crippen LogP contribution in [0.4, 0.5) is 0 Å². The molecule has 346 valence electrons. The fourth-order valence-corrected chi connectivity index (χ4v) is 9.04. The first-order valence-corrected chi connectivity index (χ1v) is 28.1. The maximum atomic E-state index is 9.99. The van der Waals surface area contributed by atoms with Crippen molar-refractivity contribution in [2.45, 2.75) is 225 Å². The molecule has 0 aromatic heterocycles. The molecule has 1 aromatic carbocycles. The van der Waals surface area contributed by atoms with Crippen molar-refractivity contribution in [2.75, 3.05) is 33.4 Å². The van der Waals surface area contributed by atoms with Crippen LogP contribution in [-0.2, 0) is 20.0 Å². The summed E-state index contributed by atoms with van der Waals surface area (Å²) in [5, 5.41) is 9.99. The van der Waals surface area contributed by atoms with Gasteiger partial charge in [-0.3, -0.25) is 0 Å². The third kappa shape index (κ3) is 36.8. The highest BCUT2D eigenvalue weighted by Gasteiger charge is 2.29. The second-order valence-electron chi connectivity index (χ2n) is 17.7. The summed E-state index contributed by atoms with van der Waals surface area (Å²) in [6.07, 6.45) is 53.7. The lowest BCUT2D eigenvalue weighted by Gasteiger charge is -2.29. The van der Waals surface area contributed by atoms with Crippen LogP contribution in [0.3, 0.4) is 0 Å². The van der Waals surface area contributed by atoms with E-state index in [9.17, 15) is 5.11 Å². The fourth-order valence-electron chi connectivity index (χ4n) is 7.52. The quantitative estimate of drug-likeness (QED) is 0.0307. The molecule has 0 saturated heterocycles. The van der Waals surface area contributed by atoms with E-state index in [-0.39, 0.29) is 18.9 Å². The number of likely N-dealkylation sites (N-methyl/N-ethyl adjacent to an activating group) is 1. The van der Waals surface area contributed by atoms with Gasteiger partial charge in [0.25, 0.3) is 0 Å². The van der Waals surface area contributed by atoms with Crippen molar-refractivity contribution in [3.05, 3.63) is 84.5 Å². The molecule has 0 amide bonds. The number of aliphatic hydroxyl groups excluding tert-OH is 1. The molecular formula is C54H97NO4Si. The molecule has 0 fully saturated rings. The summed E-state index contributed by atoms with van der Waals surface area (Å²) in [7, 11) is -0.172. The van der Waals surface area contributed by atoms with Crippen LogP contribution in [0, 0.1) is 0 Å². The molecule has 0 spiro atoms. The summed E-state index contributed by atoms with van der Waals surface area (Å²) >= 11 is 0. The number of rotatable bonds is 44. The fraction of sp³-hybridized carbons (Fsp3) is 0.741. The lowest BCUT2D eigenvalue weighted by atomic mass is 10.1. The standard InChI is InChI=1S/C54H97NO4Si/c1-6-8-10-12-14-16-18-20-22-24-26-28-30-32-35-42-48-57-54(46-40-33-31-29-27-25-23-21-19-17-15-13-11-9-7-2)59-60(4,5)58-49-43-36-34-41-47-55(3)53(51-56)50-52-44-38-37-39-45-52/h14-17,20-23,37-39,44-45,53-54,56H,6-13,18-19,24-36,40-43,46-51H2,1-5H3/b16-14-,17-15-,22-20-,23-21-. The molecule has 0 bridgehead atoms. The summed E-state index contributed by atoms with van der Waals surface area (Å²) < 4.78 is 19.6. The van der Waals surface area contributed by atoms with E-state index in [1.54, 1.807) is 0 Å². The van der Waals surface area contributed by atoms with Crippen LogP contribution in [0.5, 0.6) is 0 Å². The van der Waals surface area contributed by atoms with E-state index >= 15 is 0 Å². The molecule has 5 nitrogen and oxygen atoms in total. The van der Waals surface area contributed by atoms with Gasteiger partial charge in [0.2, 0.25) is 0 Å². The number of nitrogens with zero attached hydrogens (tertiary/aromatic N) is 1. The average Bonchev–Trinajstić information content (AvgIpc) is 3.24. The highest BCUT2D eigenvalue weighted by Crippen LogP contribution is 2.19. The minimum Gasteiger partial charge on any atom is -0.395 e. The highest BCUT2D eigenvalue weighted by molar-refractivity contribution is 6.64. The van der Waals surface area contributed by atoms with E-state index in [0.29, 0.717) is 0 Å². The number of hydrogen-bond donors (Lipinski definition) is 1. The van der Waals surface area contributed by atoms with Crippen LogP contribution in [0.25, 0.3) is 0 Å². The third-order valence-electron chi connectivity index (χ3n) is 11.5. The largest absolute Gasteiger partial charge is 0.395 e. The molecule has 0 aliphatic rings. The minimum absolute atomic E-state index is 0.159. The first kappa shape index (κ1) is 56.2. The van der Waals surface area contributed by atoms with Gasteiger partial charge < -0.3 is 23.6 Å². The minimum atomic E-state index is -2.31. The molecule has 2 unspecified atom stereocenters. The lowest BCUT2D eigenvalue weighted by molar-refractivity contribution is -0.104. The molecule has 0 heterocycles. The topological polar surface area (TPSA) is 51.2 Å². The molecule has 6 heteroatoms. The second kappa shape index (κ2) is 42.5. The number of benzene rings is 1. The van der Waals surface area contributed by atoms with Crippen LogP contribution in [0.1, 0.15) is 199 Å². The monoisotopic (exact) mass is 852 g/mol. The summed E-state index contributed by atoms with van der Waals surface area (Å²) in [6.45, 7) is 11.6. The molecule has 1 N–H and O–H groups in total. The Kier molecular flexibility index (Phi) is 39.8. The molecule has 0 aliphatic carbocycles. The van der Waals surface area contributed by atoms with Crippen LogP contribution >= 0.6 is 0 Å². The van der Waals surface area contributed by atoms with Gasteiger partial charge in [-0.2, -0.15) is 0 Å². The van der Waals surface area contributed by atoms with Gasteiger partial charge in [0.15, 0.2) is 0 Å². The number of allylic oxidation sites excluding steroid dienone is 8. The Morgan fingerprint density at radius 3 is 1.57 bits per heavy atom. The van der Waals surface area contributed by atoms with Crippen molar-refractivity contribution in [1.29, 1.82) is 0 Å². The van der Waals surface area contributed by atoms with Crippen molar-refractivity contribution in [3.8, 4) is 0 Å². The number of hydrogen-bond acceptors (Lipinski definition) is 5. The number of ether oxygens (including phenoxy) is 1. The van der Waals surface area contributed by atoms with Gasteiger partial charge in [-0.25, -0.2) is 0 Å². The molecule has 0 saturated carbocycles. The van der Waals surface area contributed by atoms with Crippen LogP contribution in [0.15, 0.2) is 78.9 Å². The van der Waals surface area contributed by atoms with Crippen molar-refractivity contribution >= 4 is 8.56 Å². The van der Waals surface area contributed by atoms with Gasteiger partial charge in [0.05, 0.1) is 6.61 Å². The first-order chi connectivity index (χ1) is 29.4. The Labute approximate surface area is 374 Å². The van der Waals surface area contributed by atoms with Crippen LogP contribution in [-0.4, -0.2) is 64.3 Å². The summed E-state index contributed by atoms with van der Waals surface area (Å²) in [5.41, 5.74) is 1.28. The first-order valence-electron chi connectivity index (χ1n) is 25.3. The normalized spacial score (nSPS) is 13.7.